The van der Waals surface area contributed by atoms with Gasteiger partial charge in [0.05, 0.1) is 17.9 Å². The van der Waals surface area contributed by atoms with E-state index < -0.39 is 0 Å². The zero-order valence-corrected chi connectivity index (χ0v) is 7.55. The highest BCUT2D eigenvalue weighted by atomic mass is 16.2. The van der Waals surface area contributed by atoms with Gasteiger partial charge in [-0.3, -0.25) is 4.79 Å². The van der Waals surface area contributed by atoms with Gasteiger partial charge in [-0.1, -0.05) is 19.1 Å². The molecule has 1 aromatic carbocycles. The van der Waals surface area contributed by atoms with Crippen LogP contribution >= 0.6 is 0 Å². The van der Waals surface area contributed by atoms with Crippen LogP contribution < -0.4 is 10.6 Å². The molecule has 1 aliphatic rings. The molecule has 3 heteroatoms. The summed E-state index contributed by atoms with van der Waals surface area (Å²) in [5.74, 6) is 0.0356. The van der Waals surface area contributed by atoms with E-state index in [4.69, 9.17) is 0 Å². The highest BCUT2D eigenvalue weighted by Crippen LogP contribution is 2.28. The first kappa shape index (κ1) is 8.10. The van der Waals surface area contributed by atoms with Crippen LogP contribution in [0.1, 0.15) is 12.5 Å². The molecule has 0 spiro atoms. The van der Waals surface area contributed by atoms with E-state index in [9.17, 15) is 4.79 Å². The van der Waals surface area contributed by atoms with E-state index in [0.29, 0.717) is 6.54 Å². The van der Waals surface area contributed by atoms with Crippen LogP contribution in [-0.4, -0.2) is 12.5 Å². The first-order valence-electron chi connectivity index (χ1n) is 4.47. The molecule has 1 aromatic rings. The second-order valence-electron chi connectivity index (χ2n) is 3.09. The van der Waals surface area contributed by atoms with Gasteiger partial charge in [0.15, 0.2) is 0 Å². The van der Waals surface area contributed by atoms with Crippen LogP contribution in [0.15, 0.2) is 18.2 Å². The van der Waals surface area contributed by atoms with Crippen LogP contribution in [0.5, 0.6) is 0 Å². The third kappa shape index (κ3) is 1.37. The van der Waals surface area contributed by atoms with E-state index in [2.05, 4.69) is 17.6 Å². The lowest BCUT2D eigenvalue weighted by Crippen LogP contribution is -2.28. The molecule has 0 aliphatic carbocycles. The molecular weight excluding hydrogens is 164 g/mol. The Balaban J connectivity index is 2.46. The number of benzene rings is 1. The van der Waals surface area contributed by atoms with Crippen molar-refractivity contribution in [2.75, 3.05) is 17.2 Å². The van der Waals surface area contributed by atoms with Crippen LogP contribution in [0.3, 0.4) is 0 Å². The Morgan fingerprint density at radius 3 is 3.08 bits per heavy atom. The molecule has 0 unspecified atom stereocenters. The molecule has 2 rings (SSSR count). The van der Waals surface area contributed by atoms with Crippen LogP contribution in [0.2, 0.25) is 0 Å². The number of rotatable bonds is 1. The smallest absolute Gasteiger partial charge is 0.243 e. The minimum Gasteiger partial charge on any atom is -0.374 e. The molecule has 0 fully saturated rings. The van der Waals surface area contributed by atoms with Crippen molar-refractivity contribution in [3.05, 3.63) is 23.8 Å². The monoisotopic (exact) mass is 176 g/mol. The molecule has 0 saturated heterocycles. The fourth-order valence-electron chi connectivity index (χ4n) is 1.55. The molecule has 0 radical (unpaired) electrons. The number of fused-ring (bicyclic) bond motifs is 1. The molecule has 1 aliphatic heterocycles. The Labute approximate surface area is 77.1 Å². The van der Waals surface area contributed by atoms with E-state index in [1.807, 2.05) is 18.2 Å². The van der Waals surface area contributed by atoms with E-state index >= 15 is 0 Å². The predicted molar refractivity (Wildman–Crippen MR) is 52.9 cm³/mol. The zero-order valence-electron chi connectivity index (χ0n) is 7.55. The lowest BCUT2D eigenvalue weighted by molar-refractivity contribution is -0.114. The summed E-state index contributed by atoms with van der Waals surface area (Å²) in [6.45, 7) is 2.45. The van der Waals surface area contributed by atoms with Crippen LogP contribution in [0, 0.1) is 0 Å². The summed E-state index contributed by atoms with van der Waals surface area (Å²) in [7, 11) is 0. The molecule has 0 saturated carbocycles. The second-order valence-corrected chi connectivity index (χ2v) is 3.09. The van der Waals surface area contributed by atoms with Crippen LogP contribution in [0.25, 0.3) is 0 Å². The fraction of sp³-hybridized carbons (Fsp3) is 0.300. The third-order valence-corrected chi connectivity index (χ3v) is 2.24. The number of anilines is 2. The predicted octanol–water partition coefficient (Wildman–Crippen LogP) is 1.61. The van der Waals surface area contributed by atoms with Crippen LogP contribution in [-0.2, 0) is 11.2 Å². The highest BCUT2D eigenvalue weighted by Gasteiger charge is 2.15. The number of nitrogens with one attached hydrogen (secondary N) is 2. The Morgan fingerprint density at radius 1 is 1.46 bits per heavy atom. The number of para-hydroxylation sites is 1. The summed E-state index contributed by atoms with van der Waals surface area (Å²) < 4.78 is 0. The lowest BCUT2D eigenvalue weighted by atomic mass is 10.1. The molecule has 1 heterocycles. The SMILES string of the molecule is CCc1cccc2c1NC(=O)CN2. The van der Waals surface area contributed by atoms with E-state index in [1.54, 1.807) is 0 Å². The van der Waals surface area contributed by atoms with Gasteiger partial charge >= 0.3 is 0 Å². The van der Waals surface area contributed by atoms with Crippen molar-refractivity contribution in [3.63, 3.8) is 0 Å². The maximum Gasteiger partial charge on any atom is 0.243 e. The Hall–Kier alpha value is -1.51. The number of aryl methyl sites for hydroxylation is 1. The van der Waals surface area contributed by atoms with Crippen molar-refractivity contribution >= 4 is 17.3 Å². The molecule has 3 nitrogen and oxygen atoms in total. The van der Waals surface area contributed by atoms with Crippen LogP contribution in [0.4, 0.5) is 11.4 Å². The maximum atomic E-state index is 11.1. The summed E-state index contributed by atoms with van der Waals surface area (Å²) in [5, 5.41) is 5.95. The first-order chi connectivity index (χ1) is 6.31. The fourth-order valence-corrected chi connectivity index (χ4v) is 1.55. The number of hydrogen-bond acceptors (Lipinski definition) is 2. The topological polar surface area (TPSA) is 41.1 Å². The summed E-state index contributed by atoms with van der Waals surface area (Å²) in [6.07, 6.45) is 0.936. The van der Waals surface area contributed by atoms with Crippen molar-refractivity contribution in [1.82, 2.24) is 0 Å². The second kappa shape index (κ2) is 3.09. The first-order valence-corrected chi connectivity index (χ1v) is 4.47. The van der Waals surface area contributed by atoms with Gasteiger partial charge in [-0.15, -0.1) is 0 Å². The molecule has 68 valence electrons. The van der Waals surface area contributed by atoms with E-state index in [-0.39, 0.29) is 5.91 Å². The zero-order chi connectivity index (χ0) is 9.26. The van der Waals surface area contributed by atoms with Crippen molar-refractivity contribution in [1.29, 1.82) is 0 Å². The average Bonchev–Trinajstić information content (AvgIpc) is 2.17. The van der Waals surface area contributed by atoms with Crippen molar-refractivity contribution in [3.8, 4) is 0 Å². The molecule has 1 amide bonds. The largest absolute Gasteiger partial charge is 0.374 e. The summed E-state index contributed by atoms with van der Waals surface area (Å²) in [6, 6.07) is 6.02. The van der Waals surface area contributed by atoms with Gasteiger partial charge in [0.25, 0.3) is 0 Å². The van der Waals surface area contributed by atoms with Gasteiger partial charge in [-0.25, -0.2) is 0 Å². The van der Waals surface area contributed by atoms with Gasteiger partial charge in [0.2, 0.25) is 5.91 Å². The lowest BCUT2D eigenvalue weighted by Gasteiger charge is -2.20. The minimum absolute atomic E-state index is 0.0356. The minimum atomic E-state index is 0.0356. The summed E-state index contributed by atoms with van der Waals surface area (Å²) in [5.41, 5.74) is 3.15. The standard InChI is InChI=1S/C10H12N2O/c1-2-7-4-3-5-8-10(7)12-9(13)6-11-8/h3-5,11H,2,6H2,1H3,(H,12,13). The highest BCUT2D eigenvalue weighted by molar-refractivity contribution is 6.01. The Morgan fingerprint density at radius 2 is 2.31 bits per heavy atom. The van der Waals surface area contributed by atoms with Gasteiger partial charge < -0.3 is 10.6 Å². The molecule has 2 N–H and O–H groups in total. The molecular formula is C10H12N2O. The number of carbonyl (C=O) groups excluding carboxylic acids is 1. The Kier molecular flexibility index (Phi) is 1.93. The van der Waals surface area contributed by atoms with Crippen molar-refractivity contribution in [2.45, 2.75) is 13.3 Å². The number of carbonyl (C=O) groups is 1. The van der Waals surface area contributed by atoms with Gasteiger partial charge in [0, 0.05) is 0 Å². The van der Waals surface area contributed by atoms with E-state index in [1.165, 1.54) is 5.56 Å². The average molecular weight is 176 g/mol. The van der Waals surface area contributed by atoms with Crippen molar-refractivity contribution < 1.29 is 4.79 Å². The normalized spacial score (nSPS) is 14.4. The molecule has 0 bridgehead atoms. The van der Waals surface area contributed by atoms with Crippen molar-refractivity contribution in [2.24, 2.45) is 0 Å². The quantitative estimate of drug-likeness (QED) is 0.682. The number of hydrogen-bond donors (Lipinski definition) is 2. The van der Waals surface area contributed by atoms with Gasteiger partial charge in [0.1, 0.15) is 0 Å². The summed E-state index contributed by atoms with van der Waals surface area (Å²) >= 11 is 0. The molecule has 0 aromatic heterocycles. The van der Waals surface area contributed by atoms with E-state index in [0.717, 1.165) is 17.8 Å². The Bertz CT molecular complexity index is 333. The third-order valence-electron chi connectivity index (χ3n) is 2.24. The summed E-state index contributed by atoms with van der Waals surface area (Å²) in [4.78, 5) is 11.1. The van der Waals surface area contributed by atoms with Gasteiger partial charge in [-0.2, -0.15) is 0 Å². The number of amides is 1. The van der Waals surface area contributed by atoms with Gasteiger partial charge in [-0.05, 0) is 18.1 Å². The maximum absolute atomic E-state index is 11.1. The molecule has 13 heavy (non-hydrogen) atoms. The molecule has 0 atom stereocenters.